The van der Waals surface area contributed by atoms with Crippen LogP contribution in [0.1, 0.15) is 31.8 Å². The second-order valence-corrected chi connectivity index (χ2v) is 4.20. The van der Waals surface area contributed by atoms with Gasteiger partial charge in [0, 0.05) is 5.56 Å². The standard InChI is InChI=1S/C16H8O4/c17-14-4-2-1-3-11(14)7-5-10-6-8-12-13(9-10)16(19)20-15(12)18/h1-4,6,8-9,17H. The van der Waals surface area contributed by atoms with Gasteiger partial charge in [-0.15, -0.1) is 0 Å². The van der Waals surface area contributed by atoms with Crippen molar-refractivity contribution < 1.29 is 19.4 Å². The summed E-state index contributed by atoms with van der Waals surface area (Å²) < 4.78 is 4.50. The van der Waals surface area contributed by atoms with E-state index in [4.69, 9.17) is 0 Å². The molecule has 0 amide bonds. The fraction of sp³-hybridized carbons (Fsp3) is 0. The van der Waals surface area contributed by atoms with Crippen LogP contribution < -0.4 is 0 Å². The largest absolute Gasteiger partial charge is 0.507 e. The normalized spacial score (nSPS) is 12.4. The van der Waals surface area contributed by atoms with Crippen molar-refractivity contribution in [3.8, 4) is 17.6 Å². The Labute approximate surface area is 114 Å². The van der Waals surface area contributed by atoms with E-state index in [9.17, 15) is 14.7 Å². The maximum atomic E-state index is 11.4. The monoisotopic (exact) mass is 264 g/mol. The number of rotatable bonds is 0. The van der Waals surface area contributed by atoms with Crippen molar-refractivity contribution in [1.82, 2.24) is 0 Å². The minimum absolute atomic E-state index is 0.0933. The highest BCUT2D eigenvalue weighted by molar-refractivity contribution is 6.14. The van der Waals surface area contributed by atoms with E-state index in [0.717, 1.165) is 0 Å². The number of phenolic OH excluding ortho intramolecular Hbond substituents is 1. The topological polar surface area (TPSA) is 63.6 Å². The van der Waals surface area contributed by atoms with Gasteiger partial charge in [-0.2, -0.15) is 0 Å². The SMILES string of the molecule is O=C1OC(=O)c2cc(C#Cc3ccccc3O)ccc21. The van der Waals surface area contributed by atoms with Gasteiger partial charge in [0.2, 0.25) is 0 Å². The van der Waals surface area contributed by atoms with Crippen molar-refractivity contribution in [2.45, 2.75) is 0 Å². The highest BCUT2D eigenvalue weighted by Crippen LogP contribution is 2.21. The Morgan fingerprint density at radius 3 is 2.45 bits per heavy atom. The third-order valence-electron chi connectivity index (χ3n) is 2.89. The maximum absolute atomic E-state index is 11.4. The molecule has 0 spiro atoms. The van der Waals surface area contributed by atoms with Crippen LogP contribution in [-0.2, 0) is 4.74 Å². The summed E-state index contributed by atoms with van der Waals surface area (Å²) in [7, 11) is 0. The lowest BCUT2D eigenvalue weighted by Gasteiger charge is -1.95. The molecule has 2 aromatic carbocycles. The molecule has 3 rings (SSSR count). The molecule has 4 heteroatoms. The predicted octanol–water partition coefficient (Wildman–Crippen LogP) is 2.10. The number of aromatic hydroxyl groups is 1. The summed E-state index contributed by atoms with van der Waals surface area (Å²) in [5, 5.41) is 9.60. The Balaban J connectivity index is 1.99. The zero-order chi connectivity index (χ0) is 14.1. The molecule has 0 aliphatic carbocycles. The van der Waals surface area contributed by atoms with Crippen LogP contribution in [0.3, 0.4) is 0 Å². The molecule has 0 atom stereocenters. The zero-order valence-corrected chi connectivity index (χ0v) is 10.2. The van der Waals surface area contributed by atoms with Crippen molar-refractivity contribution in [2.24, 2.45) is 0 Å². The van der Waals surface area contributed by atoms with E-state index in [0.29, 0.717) is 11.1 Å². The summed E-state index contributed by atoms with van der Waals surface area (Å²) in [6.45, 7) is 0. The average molecular weight is 264 g/mol. The fourth-order valence-corrected chi connectivity index (χ4v) is 1.88. The number of hydrogen-bond donors (Lipinski definition) is 1. The molecule has 0 unspecified atom stereocenters. The first kappa shape index (κ1) is 12.0. The van der Waals surface area contributed by atoms with Crippen LogP contribution in [0.4, 0.5) is 0 Å². The van der Waals surface area contributed by atoms with E-state index in [1.54, 1.807) is 30.3 Å². The van der Waals surface area contributed by atoms with Gasteiger partial charge in [0.25, 0.3) is 0 Å². The molecule has 1 N–H and O–H groups in total. The molecule has 0 bridgehead atoms. The molecule has 0 saturated heterocycles. The number of fused-ring (bicyclic) bond motifs is 1. The van der Waals surface area contributed by atoms with Crippen LogP contribution in [0.25, 0.3) is 0 Å². The number of cyclic esters (lactones) is 2. The molecule has 0 aromatic heterocycles. The van der Waals surface area contributed by atoms with Gasteiger partial charge in [0.15, 0.2) is 0 Å². The van der Waals surface area contributed by atoms with E-state index < -0.39 is 11.9 Å². The van der Waals surface area contributed by atoms with Crippen LogP contribution in [0.2, 0.25) is 0 Å². The number of carbonyl (C=O) groups is 2. The molecule has 2 aromatic rings. The molecule has 20 heavy (non-hydrogen) atoms. The second kappa shape index (κ2) is 4.56. The van der Waals surface area contributed by atoms with Gasteiger partial charge in [-0.05, 0) is 30.3 Å². The summed E-state index contributed by atoms with van der Waals surface area (Å²) in [4.78, 5) is 22.7. The highest BCUT2D eigenvalue weighted by atomic mass is 16.6. The zero-order valence-electron chi connectivity index (χ0n) is 10.2. The summed E-state index contributed by atoms with van der Waals surface area (Å²) in [6, 6.07) is 11.4. The average Bonchev–Trinajstić information content (AvgIpc) is 2.73. The number of carbonyl (C=O) groups excluding carboxylic acids is 2. The molecule has 1 heterocycles. The molecule has 1 aliphatic heterocycles. The Morgan fingerprint density at radius 2 is 1.65 bits per heavy atom. The van der Waals surface area contributed by atoms with Crippen LogP contribution >= 0.6 is 0 Å². The lowest BCUT2D eigenvalue weighted by atomic mass is 10.1. The second-order valence-electron chi connectivity index (χ2n) is 4.20. The summed E-state index contributed by atoms with van der Waals surface area (Å²) >= 11 is 0. The molecule has 0 fully saturated rings. The summed E-state index contributed by atoms with van der Waals surface area (Å²) in [5.74, 6) is 4.45. The van der Waals surface area contributed by atoms with Gasteiger partial charge < -0.3 is 9.84 Å². The van der Waals surface area contributed by atoms with Gasteiger partial charge in [-0.3, -0.25) is 0 Å². The lowest BCUT2D eigenvalue weighted by molar-refractivity contribution is 0.0444. The minimum atomic E-state index is -0.656. The Hall–Kier alpha value is -3.06. The number of hydrogen-bond acceptors (Lipinski definition) is 4. The third-order valence-corrected chi connectivity index (χ3v) is 2.89. The number of esters is 2. The van der Waals surface area contributed by atoms with E-state index in [1.807, 2.05) is 0 Å². The lowest BCUT2D eigenvalue weighted by Crippen LogP contribution is -1.96. The molecular weight excluding hydrogens is 256 g/mol. The molecular formula is C16H8O4. The van der Waals surface area contributed by atoms with Crippen LogP contribution in [0.5, 0.6) is 5.75 Å². The van der Waals surface area contributed by atoms with Crippen LogP contribution in [0, 0.1) is 11.8 Å². The molecule has 0 radical (unpaired) electrons. The van der Waals surface area contributed by atoms with Gasteiger partial charge in [0.1, 0.15) is 5.75 Å². The van der Waals surface area contributed by atoms with Crippen molar-refractivity contribution in [3.63, 3.8) is 0 Å². The van der Waals surface area contributed by atoms with E-state index in [2.05, 4.69) is 16.6 Å². The smallest absolute Gasteiger partial charge is 0.346 e. The predicted molar refractivity (Wildman–Crippen MR) is 70.3 cm³/mol. The quantitative estimate of drug-likeness (QED) is 0.449. The first-order valence-electron chi connectivity index (χ1n) is 5.86. The maximum Gasteiger partial charge on any atom is 0.346 e. The first-order chi connectivity index (χ1) is 9.65. The number of ether oxygens (including phenoxy) is 1. The first-order valence-corrected chi connectivity index (χ1v) is 5.86. The fourth-order valence-electron chi connectivity index (χ4n) is 1.88. The minimum Gasteiger partial charge on any atom is -0.507 e. The Bertz CT molecular complexity index is 794. The Kier molecular flexibility index (Phi) is 2.73. The van der Waals surface area contributed by atoms with Crippen LogP contribution in [-0.4, -0.2) is 17.0 Å². The van der Waals surface area contributed by atoms with Crippen molar-refractivity contribution in [3.05, 3.63) is 64.7 Å². The van der Waals surface area contributed by atoms with E-state index in [-0.39, 0.29) is 16.9 Å². The summed E-state index contributed by atoms with van der Waals surface area (Å²) in [5.41, 5.74) is 1.53. The van der Waals surface area contributed by atoms with E-state index >= 15 is 0 Å². The molecule has 4 nitrogen and oxygen atoms in total. The van der Waals surface area contributed by atoms with Gasteiger partial charge >= 0.3 is 11.9 Å². The highest BCUT2D eigenvalue weighted by Gasteiger charge is 2.29. The number of para-hydroxylation sites is 1. The molecule has 0 saturated carbocycles. The number of benzene rings is 2. The van der Waals surface area contributed by atoms with Crippen LogP contribution in [0.15, 0.2) is 42.5 Å². The third kappa shape index (κ3) is 2.02. The van der Waals surface area contributed by atoms with Crippen molar-refractivity contribution in [2.75, 3.05) is 0 Å². The van der Waals surface area contributed by atoms with Gasteiger partial charge in [-0.25, -0.2) is 9.59 Å². The van der Waals surface area contributed by atoms with Crippen molar-refractivity contribution in [1.29, 1.82) is 0 Å². The summed E-state index contributed by atoms with van der Waals surface area (Å²) in [6.07, 6.45) is 0. The Morgan fingerprint density at radius 1 is 0.900 bits per heavy atom. The van der Waals surface area contributed by atoms with E-state index in [1.165, 1.54) is 12.1 Å². The van der Waals surface area contributed by atoms with Crippen molar-refractivity contribution >= 4 is 11.9 Å². The van der Waals surface area contributed by atoms with Gasteiger partial charge in [0.05, 0.1) is 16.7 Å². The van der Waals surface area contributed by atoms with Gasteiger partial charge in [-0.1, -0.05) is 24.0 Å². The number of phenols is 1. The molecule has 1 aliphatic rings. The molecule has 96 valence electrons.